The molecule has 13 heteroatoms. The maximum absolute atomic E-state index is 14.2. The predicted molar refractivity (Wildman–Crippen MR) is 96.1 cm³/mol. The van der Waals surface area contributed by atoms with E-state index in [2.05, 4.69) is 9.97 Å². The Hall–Kier alpha value is -4.08. The number of anilines is 2. The SMILES string of the molecule is CC1(C)C(=O)N(c2ncc(C#N)c(C(F)(F)F)n2)C(=O)N1c1ccc(C(N)=O)c(F)c1. The summed E-state index contributed by atoms with van der Waals surface area (Å²) in [6, 6.07) is 3.08. The van der Waals surface area contributed by atoms with E-state index < -0.39 is 58.1 Å². The first kappa shape index (κ1) is 21.6. The van der Waals surface area contributed by atoms with Crippen molar-refractivity contribution < 1.29 is 31.9 Å². The highest BCUT2D eigenvalue weighted by atomic mass is 19.4. The number of carbonyl (C=O) groups excluding carboxylic acids is 3. The number of imide groups is 1. The second kappa shape index (κ2) is 7.01. The maximum Gasteiger partial charge on any atom is 0.434 e. The first-order valence-electron chi connectivity index (χ1n) is 8.43. The number of hydrogen-bond acceptors (Lipinski definition) is 6. The van der Waals surface area contributed by atoms with E-state index in [0.717, 1.165) is 23.1 Å². The zero-order chi connectivity index (χ0) is 23.3. The normalized spacial score (nSPS) is 15.9. The zero-order valence-corrected chi connectivity index (χ0v) is 15.9. The molecular formula is C18H12F4N6O3. The Morgan fingerprint density at radius 1 is 1.26 bits per heavy atom. The average Bonchev–Trinajstić information content (AvgIpc) is 2.84. The van der Waals surface area contributed by atoms with Crippen LogP contribution in [-0.4, -0.2) is 33.4 Å². The number of alkyl halides is 3. The quantitative estimate of drug-likeness (QED) is 0.580. The fourth-order valence-electron chi connectivity index (χ4n) is 3.03. The highest BCUT2D eigenvalue weighted by Gasteiger charge is 2.54. The molecule has 0 unspecified atom stereocenters. The van der Waals surface area contributed by atoms with Crippen LogP contribution < -0.4 is 15.5 Å². The molecule has 4 amide bonds. The van der Waals surface area contributed by atoms with Crippen molar-refractivity contribution in [3.8, 4) is 6.07 Å². The fraction of sp³-hybridized carbons (Fsp3) is 0.222. The Morgan fingerprint density at radius 3 is 2.42 bits per heavy atom. The lowest BCUT2D eigenvalue weighted by Crippen LogP contribution is -2.44. The number of nitriles is 1. The number of aromatic nitrogens is 2. The van der Waals surface area contributed by atoms with Gasteiger partial charge in [-0.2, -0.15) is 23.3 Å². The first-order chi connectivity index (χ1) is 14.3. The lowest BCUT2D eigenvalue weighted by Gasteiger charge is -2.27. The number of benzene rings is 1. The molecule has 3 rings (SSSR count). The van der Waals surface area contributed by atoms with Crippen LogP contribution in [0, 0.1) is 17.1 Å². The van der Waals surface area contributed by atoms with Crippen LogP contribution in [0.25, 0.3) is 0 Å². The molecule has 1 saturated heterocycles. The summed E-state index contributed by atoms with van der Waals surface area (Å²) >= 11 is 0. The van der Waals surface area contributed by atoms with E-state index >= 15 is 0 Å². The van der Waals surface area contributed by atoms with Gasteiger partial charge < -0.3 is 5.73 Å². The molecule has 1 fully saturated rings. The Morgan fingerprint density at radius 2 is 1.90 bits per heavy atom. The van der Waals surface area contributed by atoms with Crippen LogP contribution >= 0.6 is 0 Å². The summed E-state index contributed by atoms with van der Waals surface area (Å²) in [5.74, 6) is -4.01. The molecule has 0 atom stereocenters. The van der Waals surface area contributed by atoms with Gasteiger partial charge in [-0.15, -0.1) is 0 Å². The van der Waals surface area contributed by atoms with E-state index in [-0.39, 0.29) is 5.69 Å². The van der Waals surface area contributed by atoms with Gasteiger partial charge in [0.05, 0.1) is 11.8 Å². The molecule has 0 bridgehead atoms. The largest absolute Gasteiger partial charge is 0.434 e. The lowest BCUT2D eigenvalue weighted by molar-refractivity contribution is -0.141. The molecule has 2 heterocycles. The van der Waals surface area contributed by atoms with Crippen LogP contribution in [0.2, 0.25) is 0 Å². The second-order valence-electron chi connectivity index (χ2n) is 6.89. The summed E-state index contributed by atoms with van der Waals surface area (Å²) in [5.41, 5.74) is 0.244. The molecule has 1 aliphatic rings. The third-order valence-corrected chi connectivity index (χ3v) is 4.51. The number of halogens is 4. The molecule has 0 spiro atoms. The Kier molecular flexibility index (Phi) is 4.89. The van der Waals surface area contributed by atoms with Gasteiger partial charge in [0.1, 0.15) is 23.0 Å². The van der Waals surface area contributed by atoms with E-state index in [0.29, 0.717) is 11.1 Å². The van der Waals surface area contributed by atoms with Gasteiger partial charge >= 0.3 is 12.2 Å². The Labute approximate surface area is 171 Å². The molecule has 31 heavy (non-hydrogen) atoms. The lowest BCUT2D eigenvalue weighted by atomic mass is 10.0. The number of primary amides is 1. The molecule has 1 aliphatic heterocycles. The molecule has 2 N–H and O–H groups in total. The van der Waals surface area contributed by atoms with Gasteiger partial charge in [0.25, 0.3) is 11.8 Å². The van der Waals surface area contributed by atoms with Gasteiger partial charge in [-0.25, -0.2) is 19.2 Å². The second-order valence-corrected chi connectivity index (χ2v) is 6.89. The van der Waals surface area contributed by atoms with E-state index in [9.17, 15) is 31.9 Å². The summed E-state index contributed by atoms with van der Waals surface area (Å²) < 4.78 is 53.9. The summed E-state index contributed by atoms with van der Waals surface area (Å²) in [6.07, 6.45) is -4.50. The molecule has 0 aliphatic carbocycles. The smallest absolute Gasteiger partial charge is 0.366 e. The van der Waals surface area contributed by atoms with E-state index in [4.69, 9.17) is 11.0 Å². The highest BCUT2D eigenvalue weighted by molar-refractivity contribution is 6.29. The number of amides is 4. The Balaban J connectivity index is 2.12. The first-order valence-corrected chi connectivity index (χ1v) is 8.43. The fourth-order valence-corrected chi connectivity index (χ4v) is 3.03. The summed E-state index contributed by atoms with van der Waals surface area (Å²) in [4.78, 5) is 44.9. The number of nitrogens with two attached hydrogens (primary N) is 1. The number of urea groups is 1. The third-order valence-electron chi connectivity index (χ3n) is 4.51. The van der Waals surface area contributed by atoms with Crippen molar-refractivity contribution in [2.45, 2.75) is 25.6 Å². The van der Waals surface area contributed by atoms with E-state index in [1.807, 2.05) is 0 Å². The molecule has 2 aromatic rings. The monoisotopic (exact) mass is 436 g/mol. The van der Waals surface area contributed by atoms with Crippen molar-refractivity contribution in [2.75, 3.05) is 9.80 Å². The maximum atomic E-state index is 14.2. The van der Waals surface area contributed by atoms with Crippen LogP contribution in [0.15, 0.2) is 24.4 Å². The van der Waals surface area contributed by atoms with Gasteiger partial charge in [0.2, 0.25) is 5.95 Å². The third kappa shape index (κ3) is 3.41. The average molecular weight is 436 g/mol. The van der Waals surface area contributed by atoms with Crippen LogP contribution in [0.4, 0.5) is 34.0 Å². The standard InChI is InChI=1S/C18H12F4N6O3/c1-17(2)14(30)27(15-25-7-8(6-23)12(26-15)18(20,21)22)16(31)28(17)9-3-4-10(13(24)29)11(19)5-9/h3-5,7H,1-2H3,(H2,24,29). The highest BCUT2D eigenvalue weighted by Crippen LogP contribution is 2.37. The molecule has 1 aromatic carbocycles. The molecule has 1 aromatic heterocycles. The molecular weight excluding hydrogens is 424 g/mol. The Bertz CT molecular complexity index is 1170. The number of rotatable bonds is 3. The van der Waals surface area contributed by atoms with Gasteiger partial charge in [0.15, 0.2) is 5.69 Å². The minimum absolute atomic E-state index is 0.155. The molecule has 0 saturated carbocycles. The van der Waals surface area contributed by atoms with Crippen molar-refractivity contribution in [3.63, 3.8) is 0 Å². The summed E-state index contributed by atoms with van der Waals surface area (Å²) in [5, 5.41) is 8.85. The van der Waals surface area contributed by atoms with Gasteiger partial charge in [-0.3, -0.25) is 14.5 Å². The molecule has 0 radical (unpaired) electrons. The van der Waals surface area contributed by atoms with Gasteiger partial charge in [0, 0.05) is 5.69 Å². The zero-order valence-electron chi connectivity index (χ0n) is 15.9. The predicted octanol–water partition coefficient (Wildman–Crippen LogP) is 2.36. The van der Waals surface area contributed by atoms with Crippen molar-refractivity contribution >= 4 is 29.5 Å². The summed E-state index contributed by atoms with van der Waals surface area (Å²) in [7, 11) is 0. The van der Waals surface area contributed by atoms with E-state index in [1.54, 1.807) is 0 Å². The topological polar surface area (TPSA) is 133 Å². The van der Waals surface area contributed by atoms with Gasteiger partial charge in [-0.05, 0) is 32.0 Å². The minimum Gasteiger partial charge on any atom is -0.366 e. The summed E-state index contributed by atoms with van der Waals surface area (Å²) in [6.45, 7) is 2.56. The van der Waals surface area contributed by atoms with Crippen molar-refractivity contribution in [1.29, 1.82) is 5.26 Å². The number of carbonyl (C=O) groups is 3. The van der Waals surface area contributed by atoms with Crippen molar-refractivity contribution in [2.24, 2.45) is 5.73 Å². The van der Waals surface area contributed by atoms with Crippen LogP contribution in [-0.2, 0) is 11.0 Å². The number of hydrogen-bond donors (Lipinski definition) is 1. The van der Waals surface area contributed by atoms with Crippen molar-refractivity contribution in [3.05, 3.63) is 47.0 Å². The minimum atomic E-state index is -5.04. The van der Waals surface area contributed by atoms with Crippen molar-refractivity contribution in [1.82, 2.24) is 9.97 Å². The number of nitrogens with zero attached hydrogens (tertiary/aromatic N) is 5. The molecule has 9 nitrogen and oxygen atoms in total. The van der Waals surface area contributed by atoms with Gasteiger partial charge in [-0.1, -0.05) is 0 Å². The van der Waals surface area contributed by atoms with E-state index in [1.165, 1.54) is 19.9 Å². The van der Waals surface area contributed by atoms with Crippen LogP contribution in [0.5, 0.6) is 0 Å². The van der Waals surface area contributed by atoms with Crippen LogP contribution in [0.3, 0.4) is 0 Å². The molecule has 160 valence electrons. The van der Waals surface area contributed by atoms with Crippen LogP contribution in [0.1, 0.15) is 35.5 Å².